The number of phenols is 1. The minimum atomic E-state index is -0.485. The second-order valence-electron chi connectivity index (χ2n) is 2.78. The molecule has 3 nitrogen and oxygen atoms in total. The minimum absolute atomic E-state index is 0.0258. The number of rotatable bonds is 3. The standard InChI is InChI=1S/C10H10O3/c1-7(11)10(13)6-8-4-2-3-5-9(8)12/h2-5,12H,6H2,1H3. The second kappa shape index (κ2) is 3.85. The van der Waals surface area contributed by atoms with Gasteiger partial charge in [-0.05, 0) is 6.07 Å². The smallest absolute Gasteiger partial charge is 0.202 e. The highest BCUT2D eigenvalue weighted by atomic mass is 16.3. The Morgan fingerprint density at radius 2 is 1.92 bits per heavy atom. The van der Waals surface area contributed by atoms with Crippen LogP contribution in [0, 0.1) is 0 Å². The summed E-state index contributed by atoms with van der Waals surface area (Å²) in [6.07, 6.45) is -0.0258. The average Bonchev–Trinajstić information content (AvgIpc) is 2.08. The van der Waals surface area contributed by atoms with Crippen molar-refractivity contribution in [2.24, 2.45) is 0 Å². The van der Waals surface area contributed by atoms with Gasteiger partial charge in [0.1, 0.15) is 5.75 Å². The molecular weight excluding hydrogens is 168 g/mol. The lowest BCUT2D eigenvalue weighted by molar-refractivity contribution is -0.134. The SMILES string of the molecule is CC(=O)C(=O)Cc1ccccc1O. The van der Waals surface area contributed by atoms with E-state index in [1.165, 1.54) is 13.0 Å². The monoisotopic (exact) mass is 178 g/mol. The number of benzene rings is 1. The minimum Gasteiger partial charge on any atom is -0.508 e. The van der Waals surface area contributed by atoms with E-state index in [1.54, 1.807) is 18.2 Å². The Balaban J connectivity index is 2.81. The summed E-state index contributed by atoms with van der Waals surface area (Å²) < 4.78 is 0. The molecule has 0 saturated heterocycles. The predicted molar refractivity (Wildman–Crippen MR) is 47.5 cm³/mol. The van der Waals surface area contributed by atoms with Crippen LogP contribution < -0.4 is 0 Å². The van der Waals surface area contributed by atoms with Gasteiger partial charge in [0, 0.05) is 18.9 Å². The number of para-hydroxylation sites is 1. The lowest BCUT2D eigenvalue weighted by Crippen LogP contribution is -2.12. The lowest BCUT2D eigenvalue weighted by atomic mass is 10.1. The Kier molecular flexibility index (Phi) is 2.80. The molecule has 68 valence electrons. The van der Waals surface area contributed by atoms with Crippen molar-refractivity contribution in [2.75, 3.05) is 0 Å². The van der Waals surface area contributed by atoms with Crippen LogP contribution in [0.25, 0.3) is 0 Å². The number of hydrogen-bond acceptors (Lipinski definition) is 3. The summed E-state index contributed by atoms with van der Waals surface area (Å²) in [5.74, 6) is -0.915. The Morgan fingerprint density at radius 3 is 2.46 bits per heavy atom. The third-order valence-corrected chi connectivity index (χ3v) is 1.74. The number of carbonyl (C=O) groups excluding carboxylic acids is 2. The molecule has 0 fully saturated rings. The van der Waals surface area contributed by atoms with Gasteiger partial charge in [-0.2, -0.15) is 0 Å². The quantitative estimate of drug-likeness (QED) is 0.705. The van der Waals surface area contributed by atoms with Crippen LogP contribution in [0.15, 0.2) is 24.3 Å². The van der Waals surface area contributed by atoms with Gasteiger partial charge in [-0.15, -0.1) is 0 Å². The first-order chi connectivity index (χ1) is 6.11. The van der Waals surface area contributed by atoms with E-state index in [9.17, 15) is 14.7 Å². The maximum absolute atomic E-state index is 11.0. The Hall–Kier alpha value is -1.64. The molecule has 0 aliphatic heterocycles. The lowest BCUT2D eigenvalue weighted by Gasteiger charge is -2.00. The van der Waals surface area contributed by atoms with E-state index >= 15 is 0 Å². The van der Waals surface area contributed by atoms with Crippen LogP contribution in [0.4, 0.5) is 0 Å². The van der Waals surface area contributed by atoms with Crippen LogP contribution in [0.2, 0.25) is 0 Å². The van der Waals surface area contributed by atoms with Gasteiger partial charge in [-0.25, -0.2) is 0 Å². The first-order valence-corrected chi connectivity index (χ1v) is 3.92. The molecular formula is C10H10O3. The van der Waals surface area contributed by atoms with Crippen molar-refractivity contribution in [3.63, 3.8) is 0 Å². The summed E-state index contributed by atoms with van der Waals surface area (Å²) in [6, 6.07) is 6.48. The van der Waals surface area contributed by atoms with E-state index in [2.05, 4.69) is 0 Å². The summed E-state index contributed by atoms with van der Waals surface area (Å²) >= 11 is 0. The van der Waals surface area contributed by atoms with Gasteiger partial charge in [-0.3, -0.25) is 9.59 Å². The van der Waals surface area contributed by atoms with E-state index in [0.717, 1.165) is 0 Å². The zero-order valence-corrected chi connectivity index (χ0v) is 7.28. The van der Waals surface area contributed by atoms with E-state index < -0.39 is 11.6 Å². The highest BCUT2D eigenvalue weighted by molar-refractivity contribution is 6.36. The van der Waals surface area contributed by atoms with Crippen LogP contribution in [0.1, 0.15) is 12.5 Å². The number of ketones is 2. The largest absolute Gasteiger partial charge is 0.508 e. The number of Topliss-reactive ketones (excluding diaryl/α,β-unsaturated/α-hetero) is 2. The normalized spacial score (nSPS) is 9.62. The third kappa shape index (κ3) is 2.40. The molecule has 0 aliphatic carbocycles. The molecule has 0 bridgehead atoms. The first kappa shape index (κ1) is 9.45. The van der Waals surface area contributed by atoms with E-state index in [1.807, 2.05) is 0 Å². The molecule has 3 heteroatoms. The summed E-state index contributed by atoms with van der Waals surface area (Å²) in [7, 11) is 0. The van der Waals surface area contributed by atoms with Crippen molar-refractivity contribution >= 4 is 11.6 Å². The number of phenolic OH excluding ortho intramolecular Hbond substituents is 1. The number of hydrogen-bond donors (Lipinski definition) is 1. The highest BCUT2D eigenvalue weighted by Crippen LogP contribution is 2.16. The highest BCUT2D eigenvalue weighted by Gasteiger charge is 2.10. The molecule has 1 rings (SSSR count). The van der Waals surface area contributed by atoms with Crippen molar-refractivity contribution in [3.8, 4) is 5.75 Å². The van der Waals surface area contributed by atoms with E-state index in [0.29, 0.717) is 5.56 Å². The molecule has 0 atom stereocenters. The summed E-state index contributed by atoms with van der Waals surface area (Å²) in [5, 5.41) is 9.28. The average molecular weight is 178 g/mol. The molecule has 1 aromatic carbocycles. The van der Waals surface area contributed by atoms with Crippen LogP contribution in [0.3, 0.4) is 0 Å². The van der Waals surface area contributed by atoms with Crippen LogP contribution in [-0.2, 0) is 16.0 Å². The van der Waals surface area contributed by atoms with E-state index in [-0.39, 0.29) is 12.2 Å². The molecule has 1 N–H and O–H groups in total. The maximum atomic E-state index is 11.0. The Labute approximate surface area is 76.0 Å². The second-order valence-corrected chi connectivity index (χ2v) is 2.78. The summed E-state index contributed by atoms with van der Waals surface area (Å²) in [5.41, 5.74) is 0.489. The number of carbonyl (C=O) groups is 2. The molecule has 0 heterocycles. The van der Waals surface area contributed by atoms with Crippen LogP contribution >= 0.6 is 0 Å². The number of aromatic hydroxyl groups is 1. The van der Waals surface area contributed by atoms with Crippen molar-refractivity contribution in [1.82, 2.24) is 0 Å². The Bertz CT molecular complexity index is 342. The topological polar surface area (TPSA) is 54.4 Å². The van der Waals surface area contributed by atoms with Gasteiger partial charge in [0.2, 0.25) is 5.78 Å². The molecule has 1 aromatic rings. The summed E-state index contributed by atoms with van der Waals surface area (Å²) in [6.45, 7) is 1.22. The maximum Gasteiger partial charge on any atom is 0.202 e. The molecule has 0 amide bonds. The predicted octanol–water partition coefficient (Wildman–Crippen LogP) is 1.09. The molecule has 0 spiro atoms. The molecule has 0 radical (unpaired) electrons. The Morgan fingerprint density at radius 1 is 1.31 bits per heavy atom. The molecule has 0 aliphatic rings. The van der Waals surface area contributed by atoms with Crippen molar-refractivity contribution in [1.29, 1.82) is 0 Å². The van der Waals surface area contributed by atoms with Crippen molar-refractivity contribution in [2.45, 2.75) is 13.3 Å². The third-order valence-electron chi connectivity index (χ3n) is 1.74. The van der Waals surface area contributed by atoms with Crippen molar-refractivity contribution < 1.29 is 14.7 Å². The van der Waals surface area contributed by atoms with Gasteiger partial charge < -0.3 is 5.11 Å². The van der Waals surface area contributed by atoms with E-state index in [4.69, 9.17) is 0 Å². The van der Waals surface area contributed by atoms with Gasteiger partial charge >= 0.3 is 0 Å². The molecule has 0 unspecified atom stereocenters. The molecule has 13 heavy (non-hydrogen) atoms. The van der Waals surface area contributed by atoms with Crippen molar-refractivity contribution in [3.05, 3.63) is 29.8 Å². The summed E-state index contributed by atoms with van der Waals surface area (Å²) in [4.78, 5) is 21.6. The van der Waals surface area contributed by atoms with Gasteiger partial charge in [0.15, 0.2) is 5.78 Å². The van der Waals surface area contributed by atoms with Gasteiger partial charge in [0.05, 0.1) is 0 Å². The van der Waals surface area contributed by atoms with Gasteiger partial charge in [-0.1, -0.05) is 18.2 Å². The molecule has 0 saturated carbocycles. The zero-order chi connectivity index (χ0) is 9.84. The molecule has 0 aromatic heterocycles. The zero-order valence-electron chi connectivity index (χ0n) is 7.28. The van der Waals surface area contributed by atoms with Gasteiger partial charge in [0.25, 0.3) is 0 Å². The van der Waals surface area contributed by atoms with Crippen LogP contribution in [0.5, 0.6) is 5.75 Å². The fourth-order valence-electron chi connectivity index (χ4n) is 0.958. The van der Waals surface area contributed by atoms with Crippen LogP contribution in [-0.4, -0.2) is 16.7 Å². The fraction of sp³-hybridized carbons (Fsp3) is 0.200. The first-order valence-electron chi connectivity index (χ1n) is 3.92. The fourth-order valence-corrected chi connectivity index (χ4v) is 0.958.